The highest BCUT2D eigenvalue weighted by molar-refractivity contribution is 7.16. The van der Waals surface area contributed by atoms with E-state index in [4.69, 9.17) is 9.47 Å². The Morgan fingerprint density at radius 2 is 1.56 bits per heavy atom. The third-order valence-electron chi connectivity index (χ3n) is 6.35. The van der Waals surface area contributed by atoms with Crippen molar-refractivity contribution in [2.75, 3.05) is 13.2 Å². The van der Waals surface area contributed by atoms with Crippen molar-refractivity contribution in [3.05, 3.63) is 64.8 Å². The number of aryl methyl sites for hydroxylation is 1. The maximum absolute atomic E-state index is 11.8. The molecule has 5 rings (SSSR count). The monoisotopic (exact) mass is 545 g/mol. The molecular formula is C29H27N3O6S. The van der Waals surface area contributed by atoms with Gasteiger partial charge in [-0.2, -0.15) is 0 Å². The van der Waals surface area contributed by atoms with Crippen molar-refractivity contribution >= 4 is 23.3 Å². The molecule has 2 N–H and O–H groups in total. The summed E-state index contributed by atoms with van der Waals surface area (Å²) in [6, 6.07) is 9.22. The molecule has 10 heteroatoms. The number of aromatic carboxylic acids is 2. The van der Waals surface area contributed by atoms with E-state index in [1.54, 1.807) is 23.6 Å². The molecular weight excluding hydrogens is 518 g/mol. The number of pyridine rings is 3. The summed E-state index contributed by atoms with van der Waals surface area (Å²) in [5.41, 5.74) is 2.20. The molecule has 0 atom stereocenters. The van der Waals surface area contributed by atoms with Gasteiger partial charge in [0, 0.05) is 18.0 Å². The van der Waals surface area contributed by atoms with Crippen LogP contribution < -0.4 is 9.47 Å². The average molecular weight is 546 g/mol. The molecule has 0 spiro atoms. The molecule has 39 heavy (non-hydrogen) atoms. The van der Waals surface area contributed by atoms with E-state index in [-0.39, 0.29) is 22.5 Å². The number of ether oxygens (including phenoxy) is 2. The highest BCUT2D eigenvalue weighted by atomic mass is 32.1. The van der Waals surface area contributed by atoms with E-state index in [2.05, 4.69) is 21.9 Å². The average Bonchev–Trinajstić information content (AvgIpc) is 3.34. The van der Waals surface area contributed by atoms with Crippen LogP contribution in [-0.2, 0) is 6.42 Å². The van der Waals surface area contributed by atoms with Gasteiger partial charge < -0.3 is 19.7 Å². The molecule has 0 aromatic carbocycles. The third kappa shape index (κ3) is 5.75. The summed E-state index contributed by atoms with van der Waals surface area (Å²) in [6.07, 6.45) is 8.68. The van der Waals surface area contributed by atoms with E-state index in [0.29, 0.717) is 24.6 Å². The molecule has 0 saturated heterocycles. The second-order valence-electron chi connectivity index (χ2n) is 9.12. The van der Waals surface area contributed by atoms with Crippen LogP contribution in [0.2, 0.25) is 0 Å². The number of unbranched alkanes of at least 4 members (excludes halogenated alkanes) is 3. The minimum absolute atomic E-state index is 0.00556. The lowest BCUT2D eigenvalue weighted by Gasteiger charge is -2.17. The van der Waals surface area contributed by atoms with Gasteiger partial charge in [0.25, 0.3) is 0 Å². The Morgan fingerprint density at radius 3 is 2.26 bits per heavy atom. The second-order valence-corrected chi connectivity index (χ2v) is 10.2. The first-order valence-corrected chi connectivity index (χ1v) is 13.6. The molecule has 1 aliphatic rings. The van der Waals surface area contributed by atoms with Gasteiger partial charge in [-0.1, -0.05) is 26.2 Å². The fourth-order valence-corrected chi connectivity index (χ4v) is 5.60. The molecule has 0 aliphatic carbocycles. The molecule has 0 saturated carbocycles. The zero-order chi connectivity index (χ0) is 27.4. The van der Waals surface area contributed by atoms with Crippen LogP contribution in [0.1, 0.15) is 58.2 Å². The number of carboxylic acids is 2. The van der Waals surface area contributed by atoms with E-state index >= 15 is 0 Å². The van der Waals surface area contributed by atoms with E-state index < -0.39 is 11.9 Å². The van der Waals surface area contributed by atoms with Crippen molar-refractivity contribution < 1.29 is 29.3 Å². The third-order valence-corrected chi connectivity index (χ3v) is 7.62. The van der Waals surface area contributed by atoms with E-state index in [1.807, 2.05) is 6.07 Å². The smallest absolute Gasteiger partial charge is 0.335 e. The molecule has 0 bridgehead atoms. The maximum Gasteiger partial charge on any atom is 0.335 e. The van der Waals surface area contributed by atoms with Crippen molar-refractivity contribution in [2.24, 2.45) is 0 Å². The van der Waals surface area contributed by atoms with Crippen LogP contribution in [-0.4, -0.2) is 50.3 Å². The summed E-state index contributed by atoms with van der Waals surface area (Å²) in [5, 5.41) is 19.0. The van der Waals surface area contributed by atoms with Crippen molar-refractivity contribution in [1.82, 2.24) is 15.0 Å². The summed E-state index contributed by atoms with van der Waals surface area (Å²) in [5.74, 6) is -0.665. The molecule has 0 fully saturated rings. The van der Waals surface area contributed by atoms with Crippen molar-refractivity contribution in [1.29, 1.82) is 0 Å². The first-order chi connectivity index (χ1) is 18.9. The molecule has 9 nitrogen and oxygen atoms in total. The summed E-state index contributed by atoms with van der Waals surface area (Å²) in [7, 11) is 0. The van der Waals surface area contributed by atoms with E-state index in [9.17, 15) is 19.8 Å². The normalized spacial score (nSPS) is 12.3. The van der Waals surface area contributed by atoms with Gasteiger partial charge in [-0.25, -0.2) is 14.6 Å². The first kappa shape index (κ1) is 26.3. The number of nitrogens with zero attached hydrogens (tertiary/aromatic N) is 3. The highest BCUT2D eigenvalue weighted by Gasteiger charge is 2.25. The molecule has 200 valence electrons. The number of hydrogen-bond acceptors (Lipinski definition) is 8. The molecule has 4 aromatic heterocycles. The Kier molecular flexibility index (Phi) is 7.83. The summed E-state index contributed by atoms with van der Waals surface area (Å²) < 4.78 is 12.0. The Hall–Kier alpha value is -4.31. The van der Waals surface area contributed by atoms with Gasteiger partial charge in [0.1, 0.15) is 13.2 Å². The van der Waals surface area contributed by atoms with Gasteiger partial charge in [-0.15, -0.1) is 11.3 Å². The van der Waals surface area contributed by atoms with Gasteiger partial charge in [0.05, 0.1) is 43.7 Å². The van der Waals surface area contributed by atoms with E-state index in [0.717, 1.165) is 34.8 Å². The van der Waals surface area contributed by atoms with Gasteiger partial charge in [-0.3, -0.25) is 9.97 Å². The van der Waals surface area contributed by atoms with Gasteiger partial charge >= 0.3 is 11.9 Å². The Balaban J connectivity index is 1.48. The molecule has 4 aromatic rings. The lowest BCUT2D eigenvalue weighted by molar-refractivity contribution is 0.0686. The second kappa shape index (κ2) is 11.6. The SMILES string of the molecule is CCCCCCc1sc(-c2ccc(-c3cc(C(=O)O)cc(-c4cc(C(=O)O)ccn4)n3)nc2)c2c1OCCO2. The minimum atomic E-state index is -1.14. The van der Waals surface area contributed by atoms with Crippen LogP contribution >= 0.6 is 11.3 Å². The number of thiophene rings is 1. The van der Waals surface area contributed by atoms with Crippen molar-refractivity contribution in [3.63, 3.8) is 0 Å². The Bertz CT molecular complexity index is 1520. The maximum atomic E-state index is 11.8. The van der Waals surface area contributed by atoms with Gasteiger partial charge in [-0.05, 0) is 49.2 Å². The predicted molar refractivity (Wildman–Crippen MR) is 147 cm³/mol. The quantitative estimate of drug-likeness (QED) is 0.223. The van der Waals surface area contributed by atoms with Crippen LogP contribution in [0.15, 0.2) is 48.8 Å². The van der Waals surface area contributed by atoms with Crippen LogP contribution in [0, 0.1) is 0 Å². The first-order valence-electron chi connectivity index (χ1n) is 12.8. The zero-order valence-electron chi connectivity index (χ0n) is 21.3. The number of aromatic nitrogens is 3. The number of hydrogen-bond donors (Lipinski definition) is 2. The molecule has 0 unspecified atom stereocenters. The Morgan fingerprint density at radius 1 is 0.846 bits per heavy atom. The zero-order valence-corrected chi connectivity index (χ0v) is 22.2. The number of fused-ring (bicyclic) bond motifs is 1. The Labute approximate surface area is 229 Å². The van der Waals surface area contributed by atoms with Gasteiger partial charge in [0.2, 0.25) is 0 Å². The number of carbonyl (C=O) groups is 2. The standard InChI is InChI=1S/C29H27N3O6S/c1-2-3-4-5-6-24-25-26(38-12-11-37-25)27(39-24)18-7-8-20(31-16-18)22-14-19(29(35)36)15-23(32-22)21-13-17(28(33)34)9-10-30-21/h7-10,13-16H,2-6,11-12H2,1H3,(H,33,34)(H,35,36). The summed E-state index contributed by atoms with van der Waals surface area (Å²) in [4.78, 5) is 38.7. The van der Waals surface area contributed by atoms with Crippen LogP contribution in [0.3, 0.4) is 0 Å². The number of rotatable bonds is 10. The van der Waals surface area contributed by atoms with Crippen molar-refractivity contribution in [3.8, 4) is 44.7 Å². The highest BCUT2D eigenvalue weighted by Crippen LogP contribution is 2.49. The van der Waals surface area contributed by atoms with Crippen LogP contribution in [0.25, 0.3) is 33.2 Å². The topological polar surface area (TPSA) is 132 Å². The van der Waals surface area contributed by atoms with E-state index in [1.165, 1.54) is 54.6 Å². The molecule has 1 aliphatic heterocycles. The minimum Gasteiger partial charge on any atom is -0.485 e. The molecule has 5 heterocycles. The number of carboxylic acid groups (broad SMARTS) is 2. The van der Waals surface area contributed by atoms with Gasteiger partial charge in [0.15, 0.2) is 11.5 Å². The lowest BCUT2D eigenvalue weighted by atomic mass is 10.1. The fraction of sp³-hybridized carbons (Fsp3) is 0.276. The van der Waals surface area contributed by atoms with Crippen molar-refractivity contribution in [2.45, 2.75) is 39.0 Å². The molecule has 0 radical (unpaired) electrons. The van der Waals surface area contributed by atoms with Crippen LogP contribution in [0.4, 0.5) is 0 Å². The largest absolute Gasteiger partial charge is 0.485 e. The fourth-order valence-electron chi connectivity index (χ4n) is 4.38. The predicted octanol–water partition coefficient (Wildman–Crippen LogP) is 6.22. The lowest BCUT2D eigenvalue weighted by Crippen LogP contribution is -2.15. The summed E-state index contributed by atoms with van der Waals surface area (Å²) in [6.45, 7) is 3.21. The molecule has 0 amide bonds. The summed E-state index contributed by atoms with van der Waals surface area (Å²) >= 11 is 1.66. The van der Waals surface area contributed by atoms with Crippen LogP contribution in [0.5, 0.6) is 11.5 Å².